The Bertz CT molecular complexity index is 508. The maximum Gasteiger partial charge on any atom is 0.186 e. The van der Waals surface area contributed by atoms with Gasteiger partial charge in [0.15, 0.2) is 5.13 Å². The zero-order valence-electron chi connectivity index (χ0n) is 8.65. The molecule has 1 saturated heterocycles. The second-order valence-electron chi connectivity index (χ2n) is 3.71. The van der Waals surface area contributed by atoms with Crippen LogP contribution in [0.25, 0.3) is 10.2 Å². The molecule has 3 rings (SSSR count). The van der Waals surface area contributed by atoms with E-state index in [1.165, 1.54) is 12.1 Å². The largest absolute Gasteiger partial charge is 0.378 e. The molecule has 0 atom stereocenters. The first-order valence-corrected chi connectivity index (χ1v) is 6.03. The summed E-state index contributed by atoms with van der Waals surface area (Å²) >= 11 is 1.61. The summed E-state index contributed by atoms with van der Waals surface area (Å²) in [6, 6.07) is 4.74. The standard InChI is InChI=1S/C11H11FN2OS/c12-8-1-2-10-9(7-8)13-11(16-10)14-3-5-15-6-4-14/h1-2,7H,3-6H2. The lowest BCUT2D eigenvalue weighted by molar-refractivity contribution is 0.122. The van der Waals surface area contributed by atoms with E-state index in [-0.39, 0.29) is 5.82 Å². The van der Waals surface area contributed by atoms with Crippen molar-refractivity contribution in [2.45, 2.75) is 0 Å². The normalized spacial score (nSPS) is 16.9. The third-order valence-electron chi connectivity index (χ3n) is 2.62. The minimum atomic E-state index is -0.230. The average Bonchev–Trinajstić information content (AvgIpc) is 2.73. The van der Waals surface area contributed by atoms with Gasteiger partial charge in [-0.1, -0.05) is 11.3 Å². The molecule has 1 aromatic carbocycles. The highest BCUT2D eigenvalue weighted by atomic mass is 32.1. The summed E-state index contributed by atoms with van der Waals surface area (Å²) in [5.74, 6) is -0.230. The maximum absolute atomic E-state index is 13.0. The molecular formula is C11H11FN2OS. The Labute approximate surface area is 96.5 Å². The summed E-state index contributed by atoms with van der Waals surface area (Å²) in [7, 11) is 0. The molecule has 0 aliphatic carbocycles. The number of hydrogen-bond acceptors (Lipinski definition) is 4. The van der Waals surface area contributed by atoms with Crippen molar-refractivity contribution in [1.82, 2.24) is 4.98 Å². The molecule has 0 radical (unpaired) electrons. The van der Waals surface area contributed by atoms with E-state index in [4.69, 9.17) is 4.74 Å². The summed E-state index contributed by atoms with van der Waals surface area (Å²) in [5.41, 5.74) is 0.742. The third-order valence-corrected chi connectivity index (χ3v) is 3.72. The van der Waals surface area contributed by atoms with E-state index in [0.29, 0.717) is 0 Å². The molecule has 1 aliphatic heterocycles. The lowest BCUT2D eigenvalue weighted by Crippen LogP contribution is -2.36. The topological polar surface area (TPSA) is 25.4 Å². The van der Waals surface area contributed by atoms with E-state index < -0.39 is 0 Å². The van der Waals surface area contributed by atoms with Crippen molar-refractivity contribution in [2.24, 2.45) is 0 Å². The van der Waals surface area contributed by atoms with Crippen molar-refractivity contribution < 1.29 is 9.13 Å². The predicted molar refractivity (Wildman–Crippen MR) is 62.6 cm³/mol. The molecular weight excluding hydrogens is 227 g/mol. The van der Waals surface area contributed by atoms with Gasteiger partial charge in [0.05, 0.1) is 23.4 Å². The fourth-order valence-corrected chi connectivity index (χ4v) is 2.78. The first kappa shape index (κ1) is 9.99. The molecule has 3 nitrogen and oxygen atoms in total. The van der Waals surface area contributed by atoms with Crippen LogP contribution in [0, 0.1) is 5.82 Å². The van der Waals surface area contributed by atoms with E-state index in [9.17, 15) is 4.39 Å². The van der Waals surface area contributed by atoms with Gasteiger partial charge in [0.1, 0.15) is 5.82 Å². The highest BCUT2D eigenvalue weighted by Gasteiger charge is 2.15. The predicted octanol–water partition coefficient (Wildman–Crippen LogP) is 2.27. The molecule has 0 spiro atoms. The van der Waals surface area contributed by atoms with Gasteiger partial charge in [-0.05, 0) is 12.1 Å². The third kappa shape index (κ3) is 1.76. The minimum Gasteiger partial charge on any atom is -0.378 e. The molecule has 0 unspecified atom stereocenters. The van der Waals surface area contributed by atoms with Gasteiger partial charge < -0.3 is 9.64 Å². The summed E-state index contributed by atoms with van der Waals surface area (Å²) in [5, 5.41) is 0.962. The van der Waals surface area contributed by atoms with Crippen molar-refractivity contribution in [3.05, 3.63) is 24.0 Å². The fourth-order valence-electron chi connectivity index (χ4n) is 1.78. The number of halogens is 1. The van der Waals surface area contributed by atoms with Gasteiger partial charge in [0.25, 0.3) is 0 Å². The fraction of sp³-hybridized carbons (Fsp3) is 0.364. The van der Waals surface area contributed by atoms with Crippen molar-refractivity contribution in [3.63, 3.8) is 0 Å². The molecule has 5 heteroatoms. The van der Waals surface area contributed by atoms with Gasteiger partial charge in [-0.25, -0.2) is 9.37 Å². The summed E-state index contributed by atoms with van der Waals surface area (Å²) < 4.78 is 19.3. The van der Waals surface area contributed by atoms with E-state index in [2.05, 4.69) is 9.88 Å². The molecule has 16 heavy (non-hydrogen) atoms. The van der Waals surface area contributed by atoms with E-state index >= 15 is 0 Å². The number of hydrogen-bond donors (Lipinski definition) is 0. The maximum atomic E-state index is 13.0. The molecule has 2 aromatic rings. The van der Waals surface area contributed by atoms with Crippen LogP contribution in [-0.2, 0) is 4.74 Å². The highest BCUT2D eigenvalue weighted by Crippen LogP contribution is 2.29. The Kier molecular flexibility index (Phi) is 2.49. The van der Waals surface area contributed by atoms with Crippen molar-refractivity contribution in [2.75, 3.05) is 31.2 Å². The zero-order valence-corrected chi connectivity index (χ0v) is 9.47. The monoisotopic (exact) mass is 238 g/mol. The molecule has 0 N–H and O–H groups in total. The number of ether oxygens (including phenoxy) is 1. The molecule has 1 aromatic heterocycles. The van der Waals surface area contributed by atoms with Gasteiger partial charge in [-0.2, -0.15) is 0 Å². The van der Waals surface area contributed by atoms with E-state index in [1.54, 1.807) is 17.4 Å². The molecule has 2 heterocycles. The smallest absolute Gasteiger partial charge is 0.186 e. The summed E-state index contributed by atoms with van der Waals surface area (Å²) in [6.45, 7) is 3.21. The Balaban J connectivity index is 1.97. The number of fused-ring (bicyclic) bond motifs is 1. The number of aromatic nitrogens is 1. The summed E-state index contributed by atoms with van der Waals surface area (Å²) in [4.78, 5) is 6.63. The van der Waals surface area contributed by atoms with Crippen LogP contribution in [0.2, 0.25) is 0 Å². The van der Waals surface area contributed by atoms with Crippen LogP contribution < -0.4 is 4.90 Å². The molecule has 0 saturated carbocycles. The number of rotatable bonds is 1. The Hall–Kier alpha value is -1.20. The van der Waals surface area contributed by atoms with E-state index in [0.717, 1.165) is 41.7 Å². The zero-order chi connectivity index (χ0) is 11.0. The molecule has 84 valence electrons. The second kappa shape index (κ2) is 3.99. The number of benzene rings is 1. The number of morpholine rings is 1. The van der Waals surface area contributed by atoms with Crippen LogP contribution in [0.15, 0.2) is 18.2 Å². The van der Waals surface area contributed by atoms with Crippen LogP contribution in [0.5, 0.6) is 0 Å². The average molecular weight is 238 g/mol. The first-order valence-electron chi connectivity index (χ1n) is 5.22. The number of nitrogens with zero attached hydrogens (tertiary/aromatic N) is 2. The summed E-state index contributed by atoms with van der Waals surface area (Å²) in [6.07, 6.45) is 0. The van der Waals surface area contributed by atoms with Gasteiger partial charge in [0.2, 0.25) is 0 Å². The lowest BCUT2D eigenvalue weighted by atomic mass is 10.3. The van der Waals surface area contributed by atoms with Gasteiger partial charge in [-0.15, -0.1) is 0 Å². The first-order chi connectivity index (χ1) is 7.83. The highest BCUT2D eigenvalue weighted by molar-refractivity contribution is 7.22. The van der Waals surface area contributed by atoms with Crippen LogP contribution in [0.3, 0.4) is 0 Å². The number of thiazole rings is 1. The second-order valence-corrected chi connectivity index (χ2v) is 4.72. The molecule has 1 fully saturated rings. The Morgan fingerprint density at radius 1 is 1.31 bits per heavy atom. The number of anilines is 1. The van der Waals surface area contributed by atoms with Crippen LogP contribution in [0.1, 0.15) is 0 Å². The van der Waals surface area contributed by atoms with Crippen molar-refractivity contribution >= 4 is 26.7 Å². The van der Waals surface area contributed by atoms with Crippen molar-refractivity contribution in [1.29, 1.82) is 0 Å². The van der Waals surface area contributed by atoms with Crippen LogP contribution in [0.4, 0.5) is 9.52 Å². The SMILES string of the molecule is Fc1ccc2sc(N3CCOCC3)nc2c1. The molecule has 0 bridgehead atoms. The molecule has 0 amide bonds. The van der Waals surface area contributed by atoms with E-state index in [1.807, 2.05) is 0 Å². The molecule has 1 aliphatic rings. The van der Waals surface area contributed by atoms with Crippen LogP contribution in [-0.4, -0.2) is 31.3 Å². The van der Waals surface area contributed by atoms with Crippen molar-refractivity contribution in [3.8, 4) is 0 Å². The Morgan fingerprint density at radius 3 is 2.94 bits per heavy atom. The van der Waals surface area contributed by atoms with Crippen LogP contribution >= 0.6 is 11.3 Å². The van der Waals surface area contributed by atoms with Gasteiger partial charge >= 0.3 is 0 Å². The minimum absolute atomic E-state index is 0.230. The lowest BCUT2D eigenvalue weighted by Gasteiger charge is -2.25. The Morgan fingerprint density at radius 2 is 2.12 bits per heavy atom. The quantitative estimate of drug-likeness (QED) is 0.762. The van der Waals surface area contributed by atoms with Gasteiger partial charge in [0, 0.05) is 19.2 Å². The van der Waals surface area contributed by atoms with Gasteiger partial charge in [-0.3, -0.25) is 0 Å².